The average molecular weight is 643 g/mol. The third-order valence-corrected chi connectivity index (χ3v) is 6.93. The van der Waals surface area contributed by atoms with Crippen LogP contribution in [0.25, 0.3) is 10.9 Å². The van der Waals surface area contributed by atoms with Crippen molar-refractivity contribution in [2.45, 2.75) is 6.42 Å². The number of methoxy groups -OCH3 is 2. The Morgan fingerprint density at radius 2 is 1.34 bits per heavy atom. The molecule has 0 aliphatic carbocycles. The van der Waals surface area contributed by atoms with Crippen molar-refractivity contribution >= 4 is 34.1 Å². The number of hydrogen-bond acceptors (Lipinski definition) is 7. The van der Waals surface area contributed by atoms with E-state index in [1.807, 2.05) is 0 Å². The standard InChI is InChI=1S/C35H29F3N4O5/c1-45-32-18-26-29(19-33(32)46-2)40-16-14-30(26)47-31-12-11-25(17-28(31)38)42-35(44)27(34(43)41-24-9-7-23(37)8-10-24)20-39-15-13-21-3-5-22(36)6-4-21/h3-12,14,16-20,39H,13,15H2,1-2H3,(H,41,43)(H,42,44)/b27-20+. The van der Waals surface area contributed by atoms with Gasteiger partial charge in [0.1, 0.15) is 23.0 Å². The van der Waals surface area contributed by atoms with Crippen LogP contribution in [0.3, 0.4) is 0 Å². The summed E-state index contributed by atoms with van der Waals surface area (Å²) in [5.41, 5.74) is 1.35. The van der Waals surface area contributed by atoms with Gasteiger partial charge in [0, 0.05) is 47.8 Å². The second-order valence-electron chi connectivity index (χ2n) is 10.1. The van der Waals surface area contributed by atoms with Crippen molar-refractivity contribution in [1.82, 2.24) is 10.3 Å². The summed E-state index contributed by atoms with van der Waals surface area (Å²) in [6.45, 7) is 0.315. The lowest BCUT2D eigenvalue weighted by molar-refractivity contribution is -0.118. The zero-order valence-electron chi connectivity index (χ0n) is 25.3. The molecular formula is C35H29F3N4O5. The summed E-state index contributed by atoms with van der Waals surface area (Å²) in [5.74, 6) is -2.18. The Bertz CT molecular complexity index is 1930. The van der Waals surface area contributed by atoms with Crippen LogP contribution in [-0.2, 0) is 16.0 Å². The molecule has 0 unspecified atom stereocenters. The van der Waals surface area contributed by atoms with E-state index in [-0.39, 0.29) is 28.5 Å². The lowest BCUT2D eigenvalue weighted by Crippen LogP contribution is -2.27. The van der Waals surface area contributed by atoms with Crippen molar-refractivity contribution in [3.05, 3.63) is 126 Å². The molecule has 1 aromatic heterocycles. The van der Waals surface area contributed by atoms with Gasteiger partial charge in [0.25, 0.3) is 11.8 Å². The van der Waals surface area contributed by atoms with Gasteiger partial charge in [-0.2, -0.15) is 0 Å². The molecule has 9 nitrogen and oxygen atoms in total. The van der Waals surface area contributed by atoms with E-state index in [0.717, 1.165) is 23.8 Å². The summed E-state index contributed by atoms with van der Waals surface area (Å²) in [5, 5.41) is 8.54. The van der Waals surface area contributed by atoms with Gasteiger partial charge < -0.3 is 30.2 Å². The Labute approximate surface area is 268 Å². The molecule has 240 valence electrons. The second kappa shape index (κ2) is 14.8. The number of aromatic nitrogens is 1. The summed E-state index contributed by atoms with van der Waals surface area (Å²) < 4.78 is 58.4. The SMILES string of the molecule is COc1cc2nccc(Oc3ccc(NC(=O)/C(=C/NCCc4ccc(F)cc4)C(=O)Nc4ccc(F)cc4)cc3F)c2cc1OC. The van der Waals surface area contributed by atoms with E-state index in [1.165, 1.54) is 63.0 Å². The van der Waals surface area contributed by atoms with Crippen LogP contribution in [-0.4, -0.2) is 37.6 Å². The Morgan fingerprint density at radius 3 is 2.00 bits per heavy atom. The Morgan fingerprint density at radius 1 is 0.723 bits per heavy atom. The fraction of sp³-hybridized carbons (Fsp3) is 0.114. The molecular weight excluding hydrogens is 613 g/mol. The van der Waals surface area contributed by atoms with E-state index >= 15 is 4.39 Å². The molecule has 0 radical (unpaired) electrons. The van der Waals surface area contributed by atoms with Gasteiger partial charge in [0.05, 0.1) is 19.7 Å². The fourth-order valence-electron chi connectivity index (χ4n) is 4.52. The molecule has 0 spiro atoms. The zero-order chi connectivity index (χ0) is 33.3. The monoisotopic (exact) mass is 642 g/mol. The highest BCUT2D eigenvalue weighted by Gasteiger charge is 2.20. The van der Waals surface area contributed by atoms with Gasteiger partial charge in [0.15, 0.2) is 23.1 Å². The van der Waals surface area contributed by atoms with Gasteiger partial charge in [-0.3, -0.25) is 14.6 Å². The van der Waals surface area contributed by atoms with Gasteiger partial charge >= 0.3 is 0 Å². The molecule has 0 aliphatic rings. The molecule has 2 amide bonds. The lowest BCUT2D eigenvalue weighted by Gasteiger charge is -2.14. The number of ether oxygens (including phenoxy) is 3. The van der Waals surface area contributed by atoms with Gasteiger partial charge in [-0.15, -0.1) is 0 Å². The Kier molecular flexibility index (Phi) is 10.2. The first-order valence-corrected chi connectivity index (χ1v) is 14.3. The van der Waals surface area contributed by atoms with Crippen LogP contribution in [0.2, 0.25) is 0 Å². The highest BCUT2D eigenvalue weighted by atomic mass is 19.1. The minimum absolute atomic E-state index is 0.0534. The van der Waals surface area contributed by atoms with E-state index < -0.39 is 23.4 Å². The number of fused-ring (bicyclic) bond motifs is 1. The number of pyridine rings is 1. The van der Waals surface area contributed by atoms with E-state index in [4.69, 9.17) is 14.2 Å². The van der Waals surface area contributed by atoms with Crippen molar-refractivity contribution < 1.29 is 37.0 Å². The largest absolute Gasteiger partial charge is 0.493 e. The van der Waals surface area contributed by atoms with Crippen LogP contribution >= 0.6 is 0 Å². The van der Waals surface area contributed by atoms with E-state index in [2.05, 4.69) is 20.9 Å². The average Bonchev–Trinajstić information content (AvgIpc) is 3.07. The number of hydrogen-bond donors (Lipinski definition) is 3. The third kappa shape index (κ3) is 8.17. The Hall–Kier alpha value is -6.04. The Balaban J connectivity index is 1.32. The highest BCUT2D eigenvalue weighted by Crippen LogP contribution is 2.37. The molecule has 0 saturated carbocycles. The molecule has 0 fully saturated rings. The van der Waals surface area contributed by atoms with Gasteiger partial charge in [0.2, 0.25) is 0 Å². The molecule has 0 saturated heterocycles. The summed E-state index contributed by atoms with van der Waals surface area (Å²) in [7, 11) is 2.99. The first-order valence-electron chi connectivity index (χ1n) is 14.3. The maximum Gasteiger partial charge on any atom is 0.262 e. The molecule has 12 heteroatoms. The van der Waals surface area contributed by atoms with Crippen molar-refractivity contribution in [2.75, 3.05) is 31.4 Å². The fourth-order valence-corrected chi connectivity index (χ4v) is 4.52. The molecule has 5 rings (SSSR count). The van der Waals surface area contributed by atoms with Gasteiger partial charge in [-0.1, -0.05) is 12.1 Å². The van der Waals surface area contributed by atoms with Crippen LogP contribution in [0.15, 0.2) is 103 Å². The molecule has 1 heterocycles. The maximum atomic E-state index is 15.3. The van der Waals surface area contributed by atoms with E-state index in [0.29, 0.717) is 41.1 Å². The number of carbonyl (C=O) groups is 2. The highest BCUT2D eigenvalue weighted by molar-refractivity contribution is 6.26. The van der Waals surface area contributed by atoms with E-state index in [1.54, 1.807) is 30.3 Å². The number of rotatable bonds is 12. The molecule has 5 aromatic rings. The number of halogens is 3. The van der Waals surface area contributed by atoms with Crippen LogP contribution in [0, 0.1) is 17.5 Å². The molecule has 0 atom stereocenters. The van der Waals surface area contributed by atoms with Crippen LogP contribution in [0.4, 0.5) is 24.5 Å². The van der Waals surface area contributed by atoms with E-state index in [9.17, 15) is 18.4 Å². The van der Waals surface area contributed by atoms with Crippen molar-refractivity contribution in [2.24, 2.45) is 0 Å². The molecule has 47 heavy (non-hydrogen) atoms. The second-order valence-corrected chi connectivity index (χ2v) is 10.1. The first-order chi connectivity index (χ1) is 22.7. The van der Waals surface area contributed by atoms with Crippen LogP contribution in [0.1, 0.15) is 5.56 Å². The topological polar surface area (TPSA) is 111 Å². The van der Waals surface area contributed by atoms with Crippen molar-refractivity contribution in [3.63, 3.8) is 0 Å². The van der Waals surface area contributed by atoms with Gasteiger partial charge in [-0.25, -0.2) is 13.2 Å². The number of carbonyl (C=O) groups excluding carboxylic acids is 2. The number of anilines is 2. The summed E-state index contributed by atoms with van der Waals surface area (Å²) >= 11 is 0. The van der Waals surface area contributed by atoms with Crippen LogP contribution in [0.5, 0.6) is 23.0 Å². The van der Waals surface area contributed by atoms with Crippen LogP contribution < -0.4 is 30.2 Å². The smallest absolute Gasteiger partial charge is 0.262 e. The maximum absolute atomic E-state index is 15.3. The third-order valence-electron chi connectivity index (χ3n) is 6.93. The molecule has 0 aliphatic heterocycles. The summed E-state index contributed by atoms with van der Waals surface area (Å²) in [6.07, 6.45) is 3.21. The summed E-state index contributed by atoms with van der Waals surface area (Å²) in [4.78, 5) is 30.7. The lowest BCUT2D eigenvalue weighted by atomic mass is 10.1. The van der Waals surface area contributed by atoms with Crippen molar-refractivity contribution in [1.29, 1.82) is 0 Å². The first kappa shape index (κ1) is 32.4. The predicted molar refractivity (Wildman–Crippen MR) is 171 cm³/mol. The molecule has 3 N–H and O–H groups in total. The van der Waals surface area contributed by atoms with Gasteiger partial charge in [-0.05, 0) is 72.6 Å². The minimum Gasteiger partial charge on any atom is -0.493 e. The zero-order valence-corrected chi connectivity index (χ0v) is 25.3. The van der Waals surface area contributed by atoms with Crippen molar-refractivity contribution in [3.8, 4) is 23.0 Å². The molecule has 4 aromatic carbocycles. The molecule has 0 bridgehead atoms. The predicted octanol–water partition coefficient (Wildman–Crippen LogP) is 6.76. The number of nitrogens with zero attached hydrogens (tertiary/aromatic N) is 1. The number of amides is 2. The number of benzene rings is 4. The summed E-state index contributed by atoms with van der Waals surface area (Å²) in [6, 6.07) is 19.7. The minimum atomic E-state index is -0.840. The number of nitrogens with one attached hydrogen (secondary N) is 3. The quantitative estimate of drug-likeness (QED) is 0.0598. The normalized spacial score (nSPS) is 11.1.